The highest BCUT2D eigenvalue weighted by atomic mass is 35.5. The average molecular weight is 256 g/mol. The van der Waals surface area contributed by atoms with E-state index < -0.39 is 0 Å². The summed E-state index contributed by atoms with van der Waals surface area (Å²) >= 11 is 5.87. The van der Waals surface area contributed by atoms with Crippen LogP contribution in [0.25, 0.3) is 0 Å². The SMILES string of the molecule is CCNC(c1ccc(Cl)o1)C1CCC(C)CC1. The van der Waals surface area contributed by atoms with Gasteiger partial charge >= 0.3 is 0 Å². The molecule has 1 aromatic rings. The van der Waals surface area contributed by atoms with E-state index >= 15 is 0 Å². The van der Waals surface area contributed by atoms with Crippen LogP contribution in [0, 0.1) is 11.8 Å². The van der Waals surface area contributed by atoms with Gasteiger partial charge in [-0.05, 0) is 55.0 Å². The summed E-state index contributed by atoms with van der Waals surface area (Å²) in [7, 11) is 0. The van der Waals surface area contributed by atoms with Crippen LogP contribution in [-0.4, -0.2) is 6.54 Å². The van der Waals surface area contributed by atoms with Gasteiger partial charge in [-0.2, -0.15) is 0 Å². The molecule has 0 spiro atoms. The first-order chi connectivity index (χ1) is 8.20. The maximum absolute atomic E-state index is 5.87. The monoisotopic (exact) mass is 255 g/mol. The molecule has 1 aliphatic rings. The Morgan fingerprint density at radius 3 is 2.59 bits per heavy atom. The number of halogens is 1. The predicted molar refractivity (Wildman–Crippen MR) is 71.3 cm³/mol. The predicted octanol–water partition coefficient (Wildman–Crippen LogP) is 4.41. The Bertz CT molecular complexity index is 342. The van der Waals surface area contributed by atoms with E-state index in [1.807, 2.05) is 12.1 Å². The van der Waals surface area contributed by atoms with Crippen LogP contribution in [0.2, 0.25) is 5.22 Å². The van der Waals surface area contributed by atoms with Crippen LogP contribution in [-0.2, 0) is 0 Å². The minimum atomic E-state index is 0.333. The van der Waals surface area contributed by atoms with Gasteiger partial charge in [-0.3, -0.25) is 0 Å². The van der Waals surface area contributed by atoms with E-state index in [1.54, 1.807) is 0 Å². The van der Waals surface area contributed by atoms with Crippen LogP contribution in [0.15, 0.2) is 16.5 Å². The smallest absolute Gasteiger partial charge is 0.193 e. The minimum Gasteiger partial charge on any atom is -0.448 e. The average Bonchev–Trinajstić information content (AvgIpc) is 2.74. The summed E-state index contributed by atoms with van der Waals surface area (Å²) in [5, 5.41) is 4.04. The van der Waals surface area contributed by atoms with Gasteiger partial charge in [0, 0.05) is 0 Å². The zero-order valence-electron chi connectivity index (χ0n) is 10.7. The maximum atomic E-state index is 5.87. The van der Waals surface area contributed by atoms with Gasteiger partial charge in [-0.25, -0.2) is 0 Å². The Labute approximate surface area is 109 Å². The van der Waals surface area contributed by atoms with Crippen molar-refractivity contribution < 1.29 is 4.42 Å². The fourth-order valence-corrected chi connectivity index (χ4v) is 2.99. The van der Waals surface area contributed by atoms with E-state index in [2.05, 4.69) is 19.2 Å². The summed E-state index contributed by atoms with van der Waals surface area (Å²) in [6.45, 7) is 5.46. The van der Waals surface area contributed by atoms with Crippen molar-refractivity contribution in [2.24, 2.45) is 11.8 Å². The zero-order chi connectivity index (χ0) is 12.3. The largest absolute Gasteiger partial charge is 0.448 e. The summed E-state index contributed by atoms with van der Waals surface area (Å²) in [4.78, 5) is 0. The molecule has 0 aromatic carbocycles. The molecule has 3 heteroatoms. The van der Waals surface area contributed by atoms with Crippen LogP contribution in [0.4, 0.5) is 0 Å². The number of rotatable bonds is 4. The van der Waals surface area contributed by atoms with Crippen LogP contribution < -0.4 is 5.32 Å². The molecular weight excluding hydrogens is 234 g/mol. The molecule has 1 aromatic heterocycles. The second-order valence-corrected chi connectivity index (χ2v) is 5.57. The third-order valence-electron chi connectivity index (χ3n) is 3.86. The number of hydrogen-bond acceptors (Lipinski definition) is 2. The van der Waals surface area contributed by atoms with Gasteiger partial charge in [0.25, 0.3) is 0 Å². The van der Waals surface area contributed by atoms with Crippen LogP contribution in [0.5, 0.6) is 0 Å². The van der Waals surface area contributed by atoms with Crippen molar-refractivity contribution in [1.29, 1.82) is 0 Å². The molecule has 1 fully saturated rings. The van der Waals surface area contributed by atoms with Crippen LogP contribution >= 0.6 is 11.6 Å². The van der Waals surface area contributed by atoms with Gasteiger partial charge < -0.3 is 9.73 Å². The van der Waals surface area contributed by atoms with Crippen molar-refractivity contribution in [2.75, 3.05) is 6.54 Å². The molecular formula is C14H22ClNO. The van der Waals surface area contributed by atoms with Crippen molar-refractivity contribution >= 4 is 11.6 Å². The summed E-state index contributed by atoms with van der Waals surface area (Å²) < 4.78 is 5.58. The standard InChI is InChI=1S/C14H22ClNO/c1-3-16-14(12-8-9-13(15)17-12)11-6-4-10(2)5-7-11/h8-11,14,16H,3-7H2,1-2H3. The molecule has 0 saturated heterocycles. The molecule has 0 amide bonds. The minimum absolute atomic E-state index is 0.333. The summed E-state index contributed by atoms with van der Waals surface area (Å²) in [6, 6.07) is 4.18. The molecule has 1 saturated carbocycles. The highest BCUT2D eigenvalue weighted by molar-refractivity contribution is 6.28. The quantitative estimate of drug-likeness (QED) is 0.862. The molecule has 1 aliphatic carbocycles. The van der Waals surface area contributed by atoms with E-state index in [9.17, 15) is 0 Å². The Morgan fingerprint density at radius 1 is 1.35 bits per heavy atom. The van der Waals surface area contributed by atoms with Crippen molar-refractivity contribution in [1.82, 2.24) is 5.32 Å². The number of hydrogen-bond donors (Lipinski definition) is 1. The lowest BCUT2D eigenvalue weighted by Gasteiger charge is -2.32. The van der Waals surface area contributed by atoms with E-state index in [0.29, 0.717) is 17.2 Å². The Morgan fingerprint density at radius 2 is 2.06 bits per heavy atom. The van der Waals surface area contributed by atoms with Gasteiger partial charge in [0.1, 0.15) is 5.76 Å². The highest BCUT2D eigenvalue weighted by Crippen LogP contribution is 2.37. The van der Waals surface area contributed by atoms with E-state index in [0.717, 1.165) is 18.2 Å². The highest BCUT2D eigenvalue weighted by Gasteiger charge is 2.28. The fraction of sp³-hybridized carbons (Fsp3) is 0.714. The third-order valence-corrected chi connectivity index (χ3v) is 4.06. The molecule has 0 aliphatic heterocycles. The fourth-order valence-electron chi connectivity index (χ4n) is 2.83. The number of nitrogens with one attached hydrogen (secondary N) is 1. The summed E-state index contributed by atoms with van der Waals surface area (Å²) in [6.07, 6.45) is 5.25. The molecule has 96 valence electrons. The van der Waals surface area contributed by atoms with Crippen LogP contribution in [0.1, 0.15) is 51.3 Å². The van der Waals surface area contributed by atoms with Crippen LogP contribution in [0.3, 0.4) is 0 Å². The molecule has 17 heavy (non-hydrogen) atoms. The van der Waals surface area contributed by atoms with E-state index in [1.165, 1.54) is 25.7 Å². The van der Waals surface area contributed by atoms with E-state index in [-0.39, 0.29) is 0 Å². The molecule has 2 nitrogen and oxygen atoms in total. The lowest BCUT2D eigenvalue weighted by Crippen LogP contribution is -2.30. The van der Waals surface area contributed by atoms with Gasteiger partial charge in [0.05, 0.1) is 6.04 Å². The maximum Gasteiger partial charge on any atom is 0.193 e. The lowest BCUT2D eigenvalue weighted by atomic mass is 9.78. The van der Waals surface area contributed by atoms with Crippen molar-refractivity contribution in [3.63, 3.8) is 0 Å². The Kier molecular flexibility index (Phi) is 4.52. The summed E-state index contributed by atoms with van der Waals surface area (Å²) in [5.41, 5.74) is 0. The Balaban J connectivity index is 2.06. The second kappa shape index (κ2) is 5.92. The topological polar surface area (TPSA) is 25.2 Å². The van der Waals surface area contributed by atoms with Gasteiger partial charge in [0.2, 0.25) is 0 Å². The van der Waals surface area contributed by atoms with Crippen molar-refractivity contribution in [2.45, 2.75) is 45.6 Å². The first kappa shape index (κ1) is 13.0. The number of furan rings is 1. The van der Waals surface area contributed by atoms with Crippen molar-refractivity contribution in [3.8, 4) is 0 Å². The normalized spacial score (nSPS) is 27.0. The second-order valence-electron chi connectivity index (χ2n) is 5.20. The zero-order valence-corrected chi connectivity index (χ0v) is 11.5. The van der Waals surface area contributed by atoms with Gasteiger partial charge in [0.15, 0.2) is 5.22 Å². The molecule has 2 rings (SSSR count). The summed E-state index contributed by atoms with van der Waals surface area (Å²) in [5.74, 6) is 2.57. The molecule has 1 unspecified atom stereocenters. The third kappa shape index (κ3) is 3.26. The molecule has 0 radical (unpaired) electrons. The molecule has 1 heterocycles. The van der Waals surface area contributed by atoms with E-state index in [4.69, 9.17) is 16.0 Å². The molecule has 1 atom stereocenters. The lowest BCUT2D eigenvalue weighted by molar-refractivity contribution is 0.214. The van der Waals surface area contributed by atoms with Crippen molar-refractivity contribution in [3.05, 3.63) is 23.1 Å². The van der Waals surface area contributed by atoms with Gasteiger partial charge in [-0.1, -0.05) is 26.7 Å². The molecule has 0 bridgehead atoms. The first-order valence-electron chi connectivity index (χ1n) is 6.69. The van der Waals surface area contributed by atoms with Gasteiger partial charge in [-0.15, -0.1) is 0 Å². The first-order valence-corrected chi connectivity index (χ1v) is 7.07. The molecule has 1 N–H and O–H groups in total. The Hall–Kier alpha value is -0.470.